The van der Waals surface area contributed by atoms with Crippen molar-refractivity contribution in [2.75, 3.05) is 0 Å². The van der Waals surface area contributed by atoms with Crippen molar-refractivity contribution in [2.45, 2.75) is 70.3 Å². The Morgan fingerprint density at radius 1 is 0.921 bits per heavy atom. The van der Waals surface area contributed by atoms with Crippen LogP contribution >= 0.6 is 0 Å². The van der Waals surface area contributed by atoms with Crippen LogP contribution in [0.3, 0.4) is 0 Å². The van der Waals surface area contributed by atoms with Gasteiger partial charge in [0.1, 0.15) is 18.1 Å². The van der Waals surface area contributed by atoms with Gasteiger partial charge in [-0.2, -0.15) is 0 Å². The Morgan fingerprint density at radius 2 is 1.55 bits per heavy atom. The van der Waals surface area contributed by atoms with Crippen LogP contribution < -0.4 is 21.7 Å². The largest absolute Gasteiger partial charge is 0.481 e. The van der Waals surface area contributed by atoms with Crippen LogP contribution in [-0.2, 0) is 30.4 Å². The summed E-state index contributed by atoms with van der Waals surface area (Å²) < 4.78 is 0. The molecule has 38 heavy (non-hydrogen) atoms. The molecule has 0 aliphatic carbocycles. The lowest BCUT2D eigenvalue weighted by molar-refractivity contribution is -0.143. The number of carbonyl (C=O) groups excluding carboxylic acids is 3. The number of hydrogen-bond acceptors (Lipinski definition) is 7. The number of para-hydroxylation sites is 1. The number of fused-ring (bicyclic) bond motifs is 1. The smallest absolute Gasteiger partial charge is 0.326 e. The molecule has 1 aromatic carbocycles. The van der Waals surface area contributed by atoms with Crippen molar-refractivity contribution in [1.29, 1.82) is 0 Å². The second-order valence-electron chi connectivity index (χ2n) is 9.46. The molecule has 2 rings (SSSR count). The first-order valence-electron chi connectivity index (χ1n) is 12.2. The van der Waals surface area contributed by atoms with Crippen molar-refractivity contribution in [1.82, 2.24) is 20.9 Å². The number of aliphatic carboxylic acids is 2. The van der Waals surface area contributed by atoms with Crippen molar-refractivity contribution in [3.05, 3.63) is 36.0 Å². The van der Waals surface area contributed by atoms with E-state index in [1.54, 1.807) is 26.1 Å². The second kappa shape index (κ2) is 13.5. The van der Waals surface area contributed by atoms with Crippen molar-refractivity contribution in [2.24, 2.45) is 11.7 Å². The van der Waals surface area contributed by atoms with E-state index >= 15 is 0 Å². The molecule has 208 valence electrons. The average Bonchev–Trinajstić information content (AvgIpc) is 3.25. The quantitative estimate of drug-likeness (QED) is 0.156. The van der Waals surface area contributed by atoms with Gasteiger partial charge in [-0.25, -0.2) is 4.79 Å². The molecule has 0 radical (unpaired) electrons. The average molecular weight is 534 g/mol. The molecule has 1 aromatic heterocycles. The number of carboxylic acids is 2. The van der Waals surface area contributed by atoms with Crippen LogP contribution in [0.4, 0.5) is 0 Å². The van der Waals surface area contributed by atoms with Crippen LogP contribution in [-0.4, -0.2) is 80.2 Å². The lowest BCUT2D eigenvalue weighted by Gasteiger charge is -2.27. The molecule has 2 aromatic rings. The SMILES string of the molecule is CC(C)C(NC(=O)C(Cc1c[nH]c2ccccc12)NC(=O)C(NC(=O)C(N)CCC(=O)O)C(C)O)C(=O)O. The summed E-state index contributed by atoms with van der Waals surface area (Å²) in [7, 11) is 0. The Balaban J connectivity index is 2.28. The molecule has 5 atom stereocenters. The van der Waals surface area contributed by atoms with Gasteiger partial charge in [0.25, 0.3) is 0 Å². The molecule has 9 N–H and O–H groups in total. The Kier molecular flexibility index (Phi) is 10.8. The van der Waals surface area contributed by atoms with Gasteiger partial charge in [0, 0.05) is 29.9 Å². The number of aromatic nitrogens is 1. The molecule has 0 bridgehead atoms. The van der Waals surface area contributed by atoms with Gasteiger partial charge in [0.2, 0.25) is 17.7 Å². The molecule has 0 saturated heterocycles. The molecule has 0 saturated carbocycles. The number of nitrogens with two attached hydrogens (primary N) is 1. The normalized spacial score (nSPS) is 15.2. The van der Waals surface area contributed by atoms with E-state index in [0.29, 0.717) is 5.56 Å². The van der Waals surface area contributed by atoms with Gasteiger partial charge < -0.3 is 42.0 Å². The van der Waals surface area contributed by atoms with Gasteiger partial charge in [-0.3, -0.25) is 19.2 Å². The highest BCUT2D eigenvalue weighted by atomic mass is 16.4. The van der Waals surface area contributed by atoms with Gasteiger partial charge in [0.05, 0.1) is 12.1 Å². The van der Waals surface area contributed by atoms with Crippen LogP contribution in [0.1, 0.15) is 39.2 Å². The lowest BCUT2D eigenvalue weighted by atomic mass is 10.0. The monoisotopic (exact) mass is 533 g/mol. The highest BCUT2D eigenvalue weighted by Gasteiger charge is 2.33. The van der Waals surface area contributed by atoms with E-state index in [2.05, 4.69) is 20.9 Å². The van der Waals surface area contributed by atoms with E-state index in [1.165, 1.54) is 6.92 Å². The lowest BCUT2D eigenvalue weighted by Crippen LogP contribution is -2.60. The summed E-state index contributed by atoms with van der Waals surface area (Å²) in [6.45, 7) is 4.50. The minimum Gasteiger partial charge on any atom is -0.481 e. The maximum atomic E-state index is 13.2. The number of aliphatic hydroxyl groups excluding tert-OH is 1. The van der Waals surface area contributed by atoms with Crippen LogP contribution in [0, 0.1) is 5.92 Å². The topological polar surface area (TPSA) is 224 Å². The maximum Gasteiger partial charge on any atom is 0.326 e. The zero-order valence-electron chi connectivity index (χ0n) is 21.4. The van der Waals surface area contributed by atoms with Crippen LogP contribution in [0.2, 0.25) is 0 Å². The third-order valence-corrected chi connectivity index (χ3v) is 6.03. The predicted molar refractivity (Wildman–Crippen MR) is 137 cm³/mol. The van der Waals surface area contributed by atoms with E-state index in [9.17, 15) is 34.2 Å². The van der Waals surface area contributed by atoms with Crippen LogP contribution in [0.25, 0.3) is 10.9 Å². The van der Waals surface area contributed by atoms with E-state index in [4.69, 9.17) is 10.8 Å². The molecule has 0 aliphatic heterocycles. The first kappa shape index (κ1) is 30.3. The van der Waals surface area contributed by atoms with E-state index < -0.39 is 65.8 Å². The summed E-state index contributed by atoms with van der Waals surface area (Å²) in [6, 6.07) is 2.04. The van der Waals surface area contributed by atoms with Crippen molar-refractivity contribution in [3.63, 3.8) is 0 Å². The molecule has 0 fully saturated rings. The first-order valence-corrected chi connectivity index (χ1v) is 12.2. The predicted octanol–water partition coefficient (Wildman–Crippen LogP) is -0.522. The summed E-state index contributed by atoms with van der Waals surface area (Å²) in [5, 5.41) is 36.5. The van der Waals surface area contributed by atoms with Crippen LogP contribution in [0.15, 0.2) is 30.5 Å². The highest BCUT2D eigenvalue weighted by Crippen LogP contribution is 2.19. The summed E-state index contributed by atoms with van der Waals surface area (Å²) in [5.41, 5.74) is 7.17. The molecule has 0 aliphatic rings. The summed E-state index contributed by atoms with van der Waals surface area (Å²) in [4.78, 5) is 64.3. The van der Waals surface area contributed by atoms with E-state index in [-0.39, 0.29) is 19.3 Å². The number of aliphatic hydroxyl groups is 1. The molecule has 3 amide bonds. The molecular weight excluding hydrogens is 498 g/mol. The Labute approximate surface area is 219 Å². The third-order valence-electron chi connectivity index (χ3n) is 6.03. The fourth-order valence-corrected chi connectivity index (χ4v) is 3.83. The van der Waals surface area contributed by atoms with Gasteiger partial charge in [-0.15, -0.1) is 0 Å². The number of amides is 3. The maximum absolute atomic E-state index is 13.2. The van der Waals surface area contributed by atoms with Gasteiger partial charge in [-0.05, 0) is 30.9 Å². The number of rotatable bonds is 14. The Morgan fingerprint density at radius 3 is 2.13 bits per heavy atom. The van der Waals surface area contributed by atoms with Crippen molar-refractivity contribution >= 4 is 40.6 Å². The minimum absolute atomic E-state index is 0.0232. The Hall–Kier alpha value is -3.97. The number of aromatic amines is 1. The fourth-order valence-electron chi connectivity index (χ4n) is 3.83. The second-order valence-corrected chi connectivity index (χ2v) is 9.46. The number of carboxylic acid groups (broad SMARTS) is 2. The fraction of sp³-hybridized carbons (Fsp3) is 0.480. The van der Waals surface area contributed by atoms with E-state index in [0.717, 1.165) is 10.9 Å². The first-order chi connectivity index (χ1) is 17.8. The number of carbonyl (C=O) groups is 5. The number of benzene rings is 1. The van der Waals surface area contributed by atoms with Crippen LogP contribution in [0.5, 0.6) is 0 Å². The molecular formula is C25H35N5O8. The Bertz CT molecular complexity index is 1160. The molecule has 13 nitrogen and oxygen atoms in total. The van der Waals surface area contributed by atoms with Gasteiger partial charge in [0.15, 0.2) is 0 Å². The number of H-pyrrole nitrogens is 1. The van der Waals surface area contributed by atoms with Crippen molar-refractivity contribution in [3.8, 4) is 0 Å². The summed E-state index contributed by atoms with van der Waals surface area (Å²) in [5.74, 6) is -5.36. The van der Waals surface area contributed by atoms with E-state index in [1.807, 2.05) is 18.2 Å². The minimum atomic E-state index is -1.52. The molecule has 5 unspecified atom stereocenters. The third kappa shape index (κ3) is 8.28. The van der Waals surface area contributed by atoms with Gasteiger partial charge >= 0.3 is 11.9 Å². The van der Waals surface area contributed by atoms with Gasteiger partial charge in [-0.1, -0.05) is 32.0 Å². The number of nitrogens with one attached hydrogen (secondary N) is 4. The number of hydrogen-bond donors (Lipinski definition) is 8. The standard InChI is InChI=1S/C25H35N5O8/c1-12(2)20(25(37)38)29-23(35)18(10-14-11-27-17-7-5-4-6-15(14)17)28-24(36)21(13(3)31)30-22(34)16(26)8-9-19(32)33/h4-7,11-13,16,18,20-21,27,31H,8-10,26H2,1-3H3,(H,28,36)(H,29,35)(H,30,34)(H,32,33)(H,37,38). The molecule has 0 spiro atoms. The summed E-state index contributed by atoms with van der Waals surface area (Å²) in [6.07, 6.45) is -0.306. The zero-order chi connectivity index (χ0) is 28.6. The zero-order valence-corrected chi connectivity index (χ0v) is 21.4. The highest BCUT2D eigenvalue weighted by molar-refractivity contribution is 5.95. The molecule has 1 heterocycles. The molecule has 13 heteroatoms. The summed E-state index contributed by atoms with van der Waals surface area (Å²) >= 11 is 0. The van der Waals surface area contributed by atoms with Crippen molar-refractivity contribution < 1.29 is 39.3 Å².